The van der Waals surface area contributed by atoms with Crippen molar-refractivity contribution in [2.45, 2.75) is 32.3 Å². The van der Waals surface area contributed by atoms with E-state index < -0.39 is 33.5 Å². The summed E-state index contributed by atoms with van der Waals surface area (Å²) < 4.78 is 42.4. The van der Waals surface area contributed by atoms with Gasteiger partial charge in [0.05, 0.1) is 32.5 Å². The van der Waals surface area contributed by atoms with Crippen LogP contribution in [0.15, 0.2) is 17.0 Å². The average molecular weight is 481 g/mol. The van der Waals surface area contributed by atoms with Gasteiger partial charge < -0.3 is 29.9 Å². The monoisotopic (exact) mass is 480 g/mol. The minimum atomic E-state index is -3.63. The topological polar surface area (TPSA) is 170 Å². The van der Waals surface area contributed by atoms with E-state index in [-0.39, 0.29) is 58.2 Å². The van der Waals surface area contributed by atoms with Crippen molar-refractivity contribution < 1.29 is 42.2 Å². The van der Waals surface area contributed by atoms with Crippen LogP contribution in [0, 0.1) is 0 Å². The maximum absolute atomic E-state index is 12.4. The quantitative estimate of drug-likeness (QED) is 0.0876. The molecule has 0 aromatic rings. The van der Waals surface area contributed by atoms with Crippen LogP contribution in [0.5, 0.6) is 0 Å². The molecule has 0 amide bonds. The van der Waals surface area contributed by atoms with E-state index in [1.807, 2.05) is 0 Å². The predicted octanol–water partition coefficient (Wildman–Crippen LogP) is -1.06. The zero-order valence-electron chi connectivity index (χ0n) is 18.8. The van der Waals surface area contributed by atoms with Crippen LogP contribution >= 0.6 is 0 Å². The van der Waals surface area contributed by atoms with Gasteiger partial charge in [0.2, 0.25) is 5.76 Å². The fourth-order valence-electron chi connectivity index (χ4n) is 2.82. The molecule has 184 valence electrons. The number of hydrogen-bond donors (Lipinski definition) is 2. The Morgan fingerprint density at radius 3 is 2.28 bits per heavy atom. The number of aliphatic hydroxyl groups excluding tert-OH is 1. The highest BCUT2D eigenvalue weighted by molar-refractivity contribution is 7.86. The molecule has 32 heavy (non-hydrogen) atoms. The number of aliphatic hydroxyl groups is 1. The normalized spacial score (nSPS) is 17.8. The third-order valence-electron chi connectivity index (χ3n) is 4.51. The summed E-state index contributed by atoms with van der Waals surface area (Å²) in [6.45, 7) is 3.05. The van der Waals surface area contributed by atoms with Crippen LogP contribution in [0.1, 0.15) is 26.7 Å². The molecule has 1 saturated heterocycles. The third kappa shape index (κ3) is 7.41. The molecule has 14 heteroatoms. The van der Waals surface area contributed by atoms with Crippen LogP contribution in [0.2, 0.25) is 0 Å². The number of oxime groups is 1. The SMILES string of the molecule is CCOC(=O)/C=C(/O/N=C(\N)C1(OCCO)CCN(S(=O)(=O)N(C)C)CC1)C(=O)OCC. The molecule has 1 heterocycles. The molecular weight excluding hydrogens is 448 g/mol. The Labute approximate surface area is 187 Å². The van der Waals surface area contributed by atoms with E-state index in [2.05, 4.69) is 5.16 Å². The summed E-state index contributed by atoms with van der Waals surface area (Å²) in [5.41, 5.74) is 4.85. The highest BCUT2D eigenvalue weighted by Crippen LogP contribution is 2.29. The summed E-state index contributed by atoms with van der Waals surface area (Å²) in [5, 5.41) is 12.9. The number of nitrogens with zero attached hydrogens (tertiary/aromatic N) is 3. The van der Waals surface area contributed by atoms with Gasteiger partial charge in [0.1, 0.15) is 5.60 Å². The van der Waals surface area contributed by atoms with Crippen molar-refractivity contribution in [2.75, 3.05) is 53.6 Å². The van der Waals surface area contributed by atoms with Gasteiger partial charge in [-0.1, -0.05) is 5.16 Å². The second-order valence-electron chi connectivity index (χ2n) is 6.80. The summed E-state index contributed by atoms with van der Waals surface area (Å²) >= 11 is 0. The first-order valence-corrected chi connectivity index (χ1v) is 11.4. The van der Waals surface area contributed by atoms with Crippen molar-refractivity contribution in [3.05, 3.63) is 11.8 Å². The molecule has 0 atom stereocenters. The second-order valence-corrected chi connectivity index (χ2v) is 8.95. The van der Waals surface area contributed by atoms with Crippen molar-refractivity contribution in [3.8, 4) is 0 Å². The third-order valence-corrected chi connectivity index (χ3v) is 6.45. The maximum Gasteiger partial charge on any atom is 0.377 e. The van der Waals surface area contributed by atoms with Crippen LogP contribution in [0.25, 0.3) is 0 Å². The zero-order valence-corrected chi connectivity index (χ0v) is 19.6. The van der Waals surface area contributed by atoms with Crippen LogP contribution in [-0.4, -0.2) is 99.1 Å². The molecule has 1 aliphatic rings. The number of carbonyl (C=O) groups is 2. The van der Waals surface area contributed by atoms with Crippen LogP contribution in [0.4, 0.5) is 0 Å². The fourth-order valence-corrected chi connectivity index (χ4v) is 3.93. The summed E-state index contributed by atoms with van der Waals surface area (Å²) in [6.07, 6.45) is 1.02. The van der Waals surface area contributed by atoms with Gasteiger partial charge in [-0.2, -0.15) is 17.0 Å². The number of rotatable bonds is 12. The minimum Gasteiger partial charge on any atom is -0.463 e. The van der Waals surface area contributed by atoms with Gasteiger partial charge >= 0.3 is 11.9 Å². The van der Waals surface area contributed by atoms with Gasteiger partial charge in [-0.05, 0) is 26.7 Å². The standard InChI is InChI=1S/C18H32N4O9S/c1-5-28-15(24)13-14(16(25)29-6-2)31-20-17(19)18(30-12-11-23)7-9-22(10-8-18)32(26,27)21(3)4/h13,23H,5-12H2,1-4H3,(H2,19,20)/b14-13+. The number of nitrogens with two attached hydrogens (primary N) is 1. The molecule has 1 aliphatic heterocycles. The lowest BCUT2D eigenvalue weighted by atomic mass is 9.91. The first kappa shape index (κ1) is 27.8. The highest BCUT2D eigenvalue weighted by atomic mass is 32.2. The van der Waals surface area contributed by atoms with Crippen molar-refractivity contribution in [1.29, 1.82) is 0 Å². The first-order valence-electron chi connectivity index (χ1n) is 10.0. The molecule has 0 bridgehead atoms. The number of piperidine rings is 1. The van der Waals surface area contributed by atoms with Crippen LogP contribution in [-0.2, 0) is 38.8 Å². The molecule has 0 saturated carbocycles. The summed E-state index contributed by atoms with van der Waals surface area (Å²) in [5.74, 6) is -2.52. The molecule has 0 aromatic carbocycles. The van der Waals surface area contributed by atoms with Gasteiger partial charge in [0, 0.05) is 27.2 Å². The van der Waals surface area contributed by atoms with E-state index in [4.69, 9.17) is 24.8 Å². The molecule has 0 aromatic heterocycles. The lowest BCUT2D eigenvalue weighted by Crippen LogP contribution is -2.56. The number of amidine groups is 1. The molecule has 1 rings (SSSR count). The van der Waals surface area contributed by atoms with E-state index >= 15 is 0 Å². The summed E-state index contributed by atoms with van der Waals surface area (Å²) in [7, 11) is -0.778. The Kier molecular flexibility index (Phi) is 11.0. The van der Waals surface area contributed by atoms with E-state index in [9.17, 15) is 23.1 Å². The lowest BCUT2D eigenvalue weighted by molar-refractivity contribution is -0.144. The molecule has 1 fully saturated rings. The molecule has 3 N–H and O–H groups in total. The molecule has 13 nitrogen and oxygen atoms in total. The summed E-state index contributed by atoms with van der Waals surface area (Å²) in [6, 6.07) is 0. The minimum absolute atomic E-state index is 0.0291. The van der Waals surface area contributed by atoms with Crippen molar-refractivity contribution in [1.82, 2.24) is 8.61 Å². The van der Waals surface area contributed by atoms with Gasteiger partial charge in [-0.25, -0.2) is 9.59 Å². The lowest BCUT2D eigenvalue weighted by Gasteiger charge is -2.40. The van der Waals surface area contributed by atoms with E-state index in [1.165, 1.54) is 18.4 Å². The van der Waals surface area contributed by atoms with Gasteiger partial charge in [-0.3, -0.25) is 0 Å². The van der Waals surface area contributed by atoms with Gasteiger partial charge in [-0.15, -0.1) is 0 Å². The van der Waals surface area contributed by atoms with Crippen LogP contribution in [0.3, 0.4) is 0 Å². The average Bonchev–Trinajstić information content (AvgIpc) is 2.75. The predicted molar refractivity (Wildman–Crippen MR) is 113 cm³/mol. The zero-order chi connectivity index (χ0) is 24.4. The molecule has 0 radical (unpaired) electrons. The Morgan fingerprint density at radius 1 is 1.19 bits per heavy atom. The molecular formula is C18H32N4O9S. The van der Waals surface area contributed by atoms with Gasteiger partial charge in [0.25, 0.3) is 10.2 Å². The molecule has 0 unspecified atom stereocenters. The Balaban J connectivity index is 3.11. The maximum atomic E-state index is 12.4. The van der Waals surface area contributed by atoms with Crippen molar-refractivity contribution >= 4 is 28.0 Å². The molecule has 0 spiro atoms. The van der Waals surface area contributed by atoms with Crippen LogP contribution < -0.4 is 5.73 Å². The second kappa shape index (κ2) is 12.7. The van der Waals surface area contributed by atoms with E-state index in [0.29, 0.717) is 0 Å². The Bertz CT molecular complexity index is 803. The van der Waals surface area contributed by atoms with Crippen molar-refractivity contribution in [2.24, 2.45) is 10.9 Å². The van der Waals surface area contributed by atoms with E-state index in [1.54, 1.807) is 13.8 Å². The molecule has 0 aliphatic carbocycles. The largest absolute Gasteiger partial charge is 0.463 e. The highest BCUT2D eigenvalue weighted by Gasteiger charge is 2.43. The number of ether oxygens (including phenoxy) is 3. The van der Waals surface area contributed by atoms with Gasteiger partial charge in [0.15, 0.2) is 5.84 Å². The smallest absolute Gasteiger partial charge is 0.377 e. The first-order chi connectivity index (χ1) is 15.0. The summed E-state index contributed by atoms with van der Waals surface area (Å²) in [4.78, 5) is 28.9. The Hall–Kier alpha value is -2.26. The van der Waals surface area contributed by atoms with Crippen molar-refractivity contribution in [3.63, 3.8) is 0 Å². The Morgan fingerprint density at radius 2 is 1.78 bits per heavy atom. The number of esters is 2. The van der Waals surface area contributed by atoms with E-state index in [0.717, 1.165) is 10.4 Å². The number of carbonyl (C=O) groups excluding carboxylic acids is 2. The number of hydrogen-bond acceptors (Lipinski definition) is 10. The fraction of sp³-hybridized carbons (Fsp3) is 0.722.